The number of alkyl halides is 2. The summed E-state index contributed by atoms with van der Waals surface area (Å²) in [6.45, 7) is 1.15. The highest BCUT2D eigenvalue weighted by Gasteiger charge is 2.19. The quantitative estimate of drug-likeness (QED) is 0.839. The first-order valence-corrected chi connectivity index (χ1v) is 7.61. The van der Waals surface area contributed by atoms with Crippen LogP contribution in [0.15, 0.2) is 18.2 Å². The molecular weight excluding hydrogens is 290 g/mol. The molecule has 0 atom stereocenters. The van der Waals surface area contributed by atoms with E-state index in [9.17, 15) is 8.78 Å². The highest BCUT2D eigenvalue weighted by Crippen LogP contribution is 2.30. The standard InChI is InChI=1S/C16H24F2N2O2/c1-19-10-12-5-7-20(8-6-12)11-13-3-4-14(22-16(17)18)15(9-13)21-2/h3-4,9,12,16,19H,5-8,10-11H2,1-2H3. The third-order valence-electron chi connectivity index (χ3n) is 4.05. The molecule has 0 aliphatic carbocycles. The molecule has 1 aliphatic heterocycles. The fourth-order valence-electron chi connectivity index (χ4n) is 2.90. The molecular formula is C16H24F2N2O2. The minimum absolute atomic E-state index is 0.0778. The minimum Gasteiger partial charge on any atom is -0.493 e. The molecule has 0 bridgehead atoms. The molecule has 6 heteroatoms. The van der Waals surface area contributed by atoms with Crippen molar-refractivity contribution in [1.82, 2.24) is 10.2 Å². The molecule has 0 amide bonds. The zero-order valence-corrected chi connectivity index (χ0v) is 13.1. The fourth-order valence-corrected chi connectivity index (χ4v) is 2.90. The van der Waals surface area contributed by atoms with E-state index in [0.717, 1.165) is 37.7 Å². The Hall–Kier alpha value is -1.40. The second-order valence-electron chi connectivity index (χ2n) is 5.64. The number of hydrogen-bond donors (Lipinski definition) is 1. The predicted octanol–water partition coefficient (Wildman–Crippen LogP) is 2.73. The van der Waals surface area contributed by atoms with Crippen LogP contribution in [-0.4, -0.2) is 45.3 Å². The van der Waals surface area contributed by atoms with Gasteiger partial charge in [0.25, 0.3) is 0 Å². The number of hydrogen-bond acceptors (Lipinski definition) is 4. The van der Waals surface area contributed by atoms with Crippen LogP contribution in [0.25, 0.3) is 0 Å². The van der Waals surface area contributed by atoms with Crippen LogP contribution in [0.3, 0.4) is 0 Å². The van der Waals surface area contributed by atoms with Crippen molar-refractivity contribution in [2.45, 2.75) is 26.0 Å². The third kappa shape index (κ3) is 4.81. The molecule has 1 N–H and O–H groups in total. The summed E-state index contributed by atoms with van der Waals surface area (Å²) in [5.74, 6) is 1.18. The summed E-state index contributed by atoms with van der Waals surface area (Å²) in [5, 5.41) is 3.23. The van der Waals surface area contributed by atoms with Gasteiger partial charge in [0.2, 0.25) is 0 Å². The van der Waals surface area contributed by atoms with Gasteiger partial charge in [0.15, 0.2) is 11.5 Å². The maximum Gasteiger partial charge on any atom is 0.387 e. The second-order valence-corrected chi connectivity index (χ2v) is 5.64. The van der Waals surface area contributed by atoms with Crippen LogP contribution in [-0.2, 0) is 6.54 Å². The normalized spacial score (nSPS) is 17.0. The lowest BCUT2D eigenvalue weighted by Crippen LogP contribution is -2.36. The molecule has 4 nitrogen and oxygen atoms in total. The molecule has 2 rings (SSSR count). The molecule has 0 unspecified atom stereocenters. The molecule has 1 fully saturated rings. The number of rotatable bonds is 7. The lowest BCUT2D eigenvalue weighted by atomic mass is 9.96. The lowest BCUT2D eigenvalue weighted by Gasteiger charge is -2.32. The van der Waals surface area contributed by atoms with Crippen molar-refractivity contribution in [1.29, 1.82) is 0 Å². The molecule has 1 saturated heterocycles. The topological polar surface area (TPSA) is 33.7 Å². The molecule has 124 valence electrons. The fraction of sp³-hybridized carbons (Fsp3) is 0.625. The average Bonchev–Trinajstić information content (AvgIpc) is 2.50. The van der Waals surface area contributed by atoms with Crippen molar-refractivity contribution in [3.05, 3.63) is 23.8 Å². The number of halogens is 2. The number of piperidine rings is 1. The Kier molecular flexibility index (Phi) is 6.39. The van der Waals surface area contributed by atoms with E-state index in [0.29, 0.717) is 5.75 Å². The highest BCUT2D eigenvalue weighted by molar-refractivity contribution is 5.43. The van der Waals surface area contributed by atoms with Crippen molar-refractivity contribution < 1.29 is 18.3 Å². The van der Waals surface area contributed by atoms with E-state index in [4.69, 9.17) is 4.74 Å². The molecule has 22 heavy (non-hydrogen) atoms. The van der Waals surface area contributed by atoms with Gasteiger partial charge < -0.3 is 14.8 Å². The predicted molar refractivity (Wildman–Crippen MR) is 81.6 cm³/mol. The van der Waals surface area contributed by atoms with Gasteiger partial charge in [-0.3, -0.25) is 4.90 Å². The molecule has 1 aliphatic rings. The molecule has 1 aromatic rings. The second kappa shape index (κ2) is 8.29. The lowest BCUT2D eigenvalue weighted by molar-refractivity contribution is -0.0512. The average molecular weight is 314 g/mol. The summed E-state index contributed by atoms with van der Waals surface area (Å²) in [4.78, 5) is 2.38. The maximum atomic E-state index is 12.3. The van der Waals surface area contributed by atoms with Crippen LogP contribution < -0.4 is 14.8 Å². The van der Waals surface area contributed by atoms with Crippen LogP contribution >= 0.6 is 0 Å². The highest BCUT2D eigenvalue weighted by atomic mass is 19.3. The van der Waals surface area contributed by atoms with Crippen LogP contribution in [0, 0.1) is 5.92 Å². The molecule has 1 heterocycles. The maximum absolute atomic E-state index is 12.3. The number of nitrogens with zero attached hydrogens (tertiary/aromatic N) is 1. The zero-order chi connectivity index (χ0) is 15.9. The van der Waals surface area contributed by atoms with Gasteiger partial charge in [-0.25, -0.2) is 0 Å². The van der Waals surface area contributed by atoms with Crippen LogP contribution in [0.4, 0.5) is 8.78 Å². The van der Waals surface area contributed by atoms with Crippen molar-refractivity contribution in [3.8, 4) is 11.5 Å². The van der Waals surface area contributed by atoms with Gasteiger partial charge in [0.05, 0.1) is 7.11 Å². The van der Waals surface area contributed by atoms with E-state index in [1.165, 1.54) is 20.0 Å². The number of benzene rings is 1. The van der Waals surface area contributed by atoms with Gasteiger partial charge in [-0.05, 0) is 63.1 Å². The smallest absolute Gasteiger partial charge is 0.387 e. The Balaban J connectivity index is 1.93. The Labute approximate surface area is 130 Å². The first kappa shape index (κ1) is 17.0. The Bertz CT molecular complexity index is 463. The van der Waals surface area contributed by atoms with Crippen LogP contribution in [0.2, 0.25) is 0 Å². The van der Waals surface area contributed by atoms with E-state index >= 15 is 0 Å². The number of methoxy groups -OCH3 is 1. The molecule has 1 aromatic carbocycles. The summed E-state index contributed by atoms with van der Waals surface area (Å²) in [6, 6.07) is 5.14. The minimum atomic E-state index is -2.84. The van der Waals surface area contributed by atoms with Gasteiger partial charge in [0.1, 0.15) is 0 Å². The number of likely N-dealkylation sites (tertiary alicyclic amines) is 1. The Morgan fingerprint density at radius 2 is 2.00 bits per heavy atom. The molecule has 0 radical (unpaired) electrons. The van der Waals surface area contributed by atoms with Crippen molar-refractivity contribution >= 4 is 0 Å². The SMILES string of the molecule is CNCC1CCN(Cc2ccc(OC(F)F)c(OC)c2)CC1. The number of nitrogens with one attached hydrogen (secondary N) is 1. The van der Waals surface area contributed by atoms with Gasteiger partial charge in [-0.2, -0.15) is 8.78 Å². The summed E-state index contributed by atoms with van der Waals surface area (Å²) >= 11 is 0. The van der Waals surface area contributed by atoms with Crippen LogP contribution in [0.5, 0.6) is 11.5 Å². The van der Waals surface area contributed by atoms with Gasteiger partial charge in [-0.1, -0.05) is 6.07 Å². The zero-order valence-electron chi connectivity index (χ0n) is 13.1. The Morgan fingerprint density at radius 3 is 2.59 bits per heavy atom. The molecule has 0 aromatic heterocycles. The molecule has 0 spiro atoms. The first-order chi connectivity index (χ1) is 10.6. The first-order valence-electron chi connectivity index (χ1n) is 7.61. The third-order valence-corrected chi connectivity index (χ3v) is 4.05. The summed E-state index contributed by atoms with van der Waals surface area (Å²) in [7, 11) is 3.45. The van der Waals surface area contributed by atoms with Crippen LogP contribution in [0.1, 0.15) is 18.4 Å². The van der Waals surface area contributed by atoms with E-state index < -0.39 is 6.61 Å². The van der Waals surface area contributed by atoms with E-state index in [2.05, 4.69) is 15.0 Å². The largest absolute Gasteiger partial charge is 0.493 e. The van der Waals surface area contributed by atoms with Gasteiger partial charge in [0, 0.05) is 6.54 Å². The number of ether oxygens (including phenoxy) is 2. The van der Waals surface area contributed by atoms with E-state index in [1.807, 2.05) is 13.1 Å². The van der Waals surface area contributed by atoms with E-state index in [1.54, 1.807) is 12.1 Å². The van der Waals surface area contributed by atoms with Crippen molar-refractivity contribution in [2.75, 3.05) is 33.8 Å². The van der Waals surface area contributed by atoms with Gasteiger partial charge in [-0.15, -0.1) is 0 Å². The monoisotopic (exact) mass is 314 g/mol. The summed E-state index contributed by atoms with van der Waals surface area (Å²) in [5.41, 5.74) is 1.05. The summed E-state index contributed by atoms with van der Waals surface area (Å²) < 4.78 is 34.2. The Morgan fingerprint density at radius 1 is 1.27 bits per heavy atom. The van der Waals surface area contributed by atoms with E-state index in [-0.39, 0.29) is 5.75 Å². The van der Waals surface area contributed by atoms with Crippen molar-refractivity contribution in [3.63, 3.8) is 0 Å². The molecule has 0 saturated carbocycles. The summed E-state index contributed by atoms with van der Waals surface area (Å²) in [6.07, 6.45) is 2.37. The van der Waals surface area contributed by atoms with Crippen molar-refractivity contribution in [2.24, 2.45) is 5.92 Å². The van der Waals surface area contributed by atoms with Gasteiger partial charge >= 0.3 is 6.61 Å².